The molecule has 1 aromatic rings. The highest BCUT2D eigenvalue weighted by Gasteiger charge is 2.46. The van der Waals surface area contributed by atoms with Crippen LogP contribution in [0.1, 0.15) is 86.3 Å². The molecular formula is C31H55NO7Si. The summed E-state index contributed by atoms with van der Waals surface area (Å²) in [6.07, 6.45) is -0.115. The van der Waals surface area contributed by atoms with Crippen molar-refractivity contribution in [3.05, 3.63) is 29.3 Å². The van der Waals surface area contributed by atoms with Crippen LogP contribution >= 0.6 is 0 Å². The third-order valence-corrected chi connectivity index (χ3v) is 14.2. The monoisotopic (exact) mass is 581 g/mol. The fourth-order valence-corrected chi connectivity index (χ4v) is 11.7. The SMILES string of the molecule is COCCCOc1ccc([C@@]2(O)CCN(C(=O)OC(C)(C)C)C[C@@H]2O)c(CCO[Si](C(C)C)(C(C)C)C(C)C)c1. The number of aliphatic hydroxyl groups is 2. The van der Waals surface area contributed by atoms with Crippen LogP contribution in [0.3, 0.4) is 0 Å². The van der Waals surface area contributed by atoms with E-state index in [2.05, 4.69) is 41.5 Å². The number of nitrogens with zero attached hydrogens (tertiary/aromatic N) is 1. The van der Waals surface area contributed by atoms with Gasteiger partial charge >= 0.3 is 6.09 Å². The Labute approximate surface area is 243 Å². The van der Waals surface area contributed by atoms with Crippen LogP contribution in [-0.4, -0.2) is 81.2 Å². The molecule has 2 atom stereocenters. The van der Waals surface area contributed by atoms with Gasteiger partial charge in [-0.2, -0.15) is 0 Å². The third kappa shape index (κ3) is 8.44. The minimum Gasteiger partial charge on any atom is -0.493 e. The zero-order valence-electron chi connectivity index (χ0n) is 26.6. The molecule has 230 valence electrons. The molecule has 0 bridgehead atoms. The number of rotatable bonds is 13. The summed E-state index contributed by atoms with van der Waals surface area (Å²) in [5.74, 6) is 0.708. The van der Waals surface area contributed by atoms with Crippen LogP contribution in [0.4, 0.5) is 4.79 Å². The first kappa shape index (κ1) is 34.5. The number of β-amino-alcohol motifs (C(OH)–C–C–N with tert-alkyl or cyclic N) is 1. The summed E-state index contributed by atoms with van der Waals surface area (Å²) in [5, 5.41) is 23.1. The Kier molecular flexibility index (Phi) is 12.5. The summed E-state index contributed by atoms with van der Waals surface area (Å²) in [6, 6.07) is 5.65. The molecule has 0 spiro atoms. The molecule has 1 aliphatic rings. The van der Waals surface area contributed by atoms with Gasteiger partial charge in [0.15, 0.2) is 8.32 Å². The van der Waals surface area contributed by atoms with Crippen molar-refractivity contribution in [3.8, 4) is 5.75 Å². The molecule has 1 fully saturated rings. The van der Waals surface area contributed by atoms with E-state index in [1.54, 1.807) is 7.11 Å². The fraction of sp³-hybridized carbons (Fsp3) is 0.774. The molecule has 1 heterocycles. The van der Waals surface area contributed by atoms with Crippen molar-refractivity contribution >= 4 is 14.4 Å². The van der Waals surface area contributed by atoms with Gasteiger partial charge in [0.05, 0.1) is 13.2 Å². The van der Waals surface area contributed by atoms with Gasteiger partial charge in [0.1, 0.15) is 23.1 Å². The quantitative estimate of drug-likeness (QED) is 0.217. The Morgan fingerprint density at radius 1 is 1.07 bits per heavy atom. The Morgan fingerprint density at radius 2 is 1.70 bits per heavy atom. The fourth-order valence-electron chi connectivity index (χ4n) is 6.25. The van der Waals surface area contributed by atoms with Gasteiger partial charge in [0.25, 0.3) is 0 Å². The van der Waals surface area contributed by atoms with Gasteiger partial charge in [-0.15, -0.1) is 0 Å². The molecule has 2 rings (SSSR count). The summed E-state index contributed by atoms with van der Waals surface area (Å²) in [5.41, 5.74) is 0.785. The Morgan fingerprint density at radius 3 is 2.23 bits per heavy atom. The minimum atomic E-state index is -2.07. The average Bonchev–Trinajstić information content (AvgIpc) is 2.84. The van der Waals surface area contributed by atoms with Crippen molar-refractivity contribution in [1.29, 1.82) is 0 Å². The first-order valence-electron chi connectivity index (χ1n) is 14.9. The van der Waals surface area contributed by atoms with E-state index in [-0.39, 0.29) is 19.5 Å². The van der Waals surface area contributed by atoms with Crippen molar-refractivity contribution in [3.63, 3.8) is 0 Å². The molecule has 1 aliphatic heterocycles. The van der Waals surface area contributed by atoms with Crippen LogP contribution in [-0.2, 0) is 25.9 Å². The van der Waals surface area contributed by atoms with Crippen molar-refractivity contribution in [2.45, 2.75) is 116 Å². The van der Waals surface area contributed by atoms with Crippen LogP contribution in [0.2, 0.25) is 16.6 Å². The second kappa shape index (κ2) is 14.5. The predicted octanol–water partition coefficient (Wildman–Crippen LogP) is 6.03. The molecule has 0 saturated carbocycles. The molecule has 0 radical (unpaired) electrons. The second-order valence-corrected chi connectivity index (χ2v) is 18.5. The smallest absolute Gasteiger partial charge is 0.410 e. The Hall–Kier alpha value is -1.65. The number of methoxy groups -OCH3 is 1. The molecule has 1 saturated heterocycles. The topological polar surface area (TPSA) is 97.7 Å². The number of hydrogen-bond donors (Lipinski definition) is 2. The van der Waals surface area contributed by atoms with Crippen LogP contribution < -0.4 is 4.74 Å². The molecule has 1 aromatic carbocycles. The molecule has 0 aliphatic carbocycles. The second-order valence-electron chi connectivity index (χ2n) is 13.0. The van der Waals surface area contributed by atoms with E-state index in [1.807, 2.05) is 39.0 Å². The van der Waals surface area contributed by atoms with Gasteiger partial charge < -0.3 is 33.7 Å². The van der Waals surface area contributed by atoms with E-state index >= 15 is 0 Å². The number of carbonyl (C=O) groups excluding carboxylic acids is 1. The minimum absolute atomic E-state index is 0.0132. The number of ether oxygens (including phenoxy) is 3. The lowest BCUT2D eigenvalue weighted by Crippen LogP contribution is -2.56. The molecule has 8 nitrogen and oxygen atoms in total. The number of likely N-dealkylation sites (tertiary alicyclic amines) is 1. The maximum absolute atomic E-state index is 12.6. The Balaban J connectivity index is 2.33. The zero-order valence-corrected chi connectivity index (χ0v) is 27.6. The van der Waals surface area contributed by atoms with E-state index in [4.69, 9.17) is 18.6 Å². The van der Waals surface area contributed by atoms with Crippen LogP contribution in [0.5, 0.6) is 5.75 Å². The van der Waals surface area contributed by atoms with Gasteiger partial charge in [-0.3, -0.25) is 0 Å². The maximum Gasteiger partial charge on any atom is 0.410 e. The average molecular weight is 582 g/mol. The number of carbonyl (C=O) groups is 1. The van der Waals surface area contributed by atoms with E-state index < -0.39 is 31.7 Å². The van der Waals surface area contributed by atoms with Crippen molar-refractivity contribution in [1.82, 2.24) is 4.90 Å². The maximum atomic E-state index is 12.6. The number of piperidine rings is 1. The van der Waals surface area contributed by atoms with E-state index in [1.165, 1.54) is 4.90 Å². The van der Waals surface area contributed by atoms with Crippen LogP contribution in [0.25, 0.3) is 0 Å². The van der Waals surface area contributed by atoms with Gasteiger partial charge in [0, 0.05) is 39.7 Å². The predicted molar refractivity (Wildman–Crippen MR) is 161 cm³/mol. The molecule has 1 amide bonds. The highest BCUT2D eigenvalue weighted by atomic mass is 28.4. The molecular weight excluding hydrogens is 526 g/mol. The lowest BCUT2D eigenvalue weighted by atomic mass is 9.79. The number of benzene rings is 1. The van der Waals surface area contributed by atoms with Crippen molar-refractivity contribution in [2.75, 3.05) is 40.0 Å². The molecule has 0 unspecified atom stereocenters. The van der Waals surface area contributed by atoms with E-state index in [9.17, 15) is 15.0 Å². The summed E-state index contributed by atoms with van der Waals surface area (Å²) < 4.78 is 23.4. The van der Waals surface area contributed by atoms with Gasteiger partial charge in [-0.05, 0) is 67.1 Å². The molecule has 2 N–H and O–H groups in total. The standard InChI is InChI=1S/C31H55NO7Si/c1-22(2)40(23(3)4,24(5)6)38-19-14-25-20-26(37-18-11-17-36-10)12-13-27(25)31(35)15-16-32(21-28(31)33)29(34)39-30(7,8)9/h12-13,20,22-24,28,33,35H,11,14-19,21H2,1-10H3/t28-,31-/m0/s1. The molecule has 40 heavy (non-hydrogen) atoms. The Bertz CT molecular complexity index is 924. The molecule has 0 aromatic heterocycles. The number of aliphatic hydroxyl groups excluding tert-OH is 1. The summed E-state index contributed by atoms with van der Waals surface area (Å²) in [6.45, 7) is 21.0. The van der Waals surface area contributed by atoms with Crippen LogP contribution in [0.15, 0.2) is 18.2 Å². The summed E-state index contributed by atoms with van der Waals surface area (Å²) in [4.78, 5) is 14.1. The summed E-state index contributed by atoms with van der Waals surface area (Å²) >= 11 is 0. The first-order valence-corrected chi connectivity index (χ1v) is 17.0. The lowest BCUT2D eigenvalue weighted by molar-refractivity contribution is -0.123. The normalized spacial score (nSPS) is 20.5. The van der Waals surface area contributed by atoms with E-state index in [0.29, 0.717) is 54.2 Å². The third-order valence-electron chi connectivity index (χ3n) is 8.09. The van der Waals surface area contributed by atoms with Gasteiger partial charge in [0.2, 0.25) is 0 Å². The highest BCUT2D eigenvalue weighted by Crippen LogP contribution is 2.43. The van der Waals surface area contributed by atoms with Crippen LogP contribution in [0, 0.1) is 0 Å². The summed E-state index contributed by atoms with van der Waals surface area (Å²) in [7, 11) is -0.402. The molecule has 9 heteroatoms. The van der Waals surface area contributed by atoms with Crippen molar-refractivity contribution in [2.24, 2.45) is 0 Å². The lowest BCUT2D eigenvalue weighted by Gasteiger charge is -2.44. The van der Waals surface area contributed by atoms with Gasteiger partial charge in [-0.25, -0.2) is 4.79 Å². The van der Waals surface area contributed by atoms with E-state index in [0.717, 1.165) is 12.0 Å². The highest BCUT2D eigenvalue weighted by molar-refractivity contribution is 6.77. The first-order chi connectivity index (χ1) is 18.6. The van der Waals surface area contributed by atoms with Gasteiger partial charge in [-0.1, -0.05) is 47.6 Å². The largest absolute Gasteiger partial charge is 0.493 e. The van der Waals surface area contributed by atoms with Crippen molar-refractivity contribution < 1.29 is 33.6 Å². The zero-order chi connectivity index (χ0) is 30.3. The number of hydrogen-bond acceptors (Lipinski definition) is 7. The number of amides is 1.